The predicted octanol–water partition coefficient (Wildman–Crippen LogP) is 4.96. The van der Waals surface area contributed by atoms with Gasteiger partial charge in [0.15, 0.2) is 0 Å². The smallest absolute Gasteiger partial charge is 0.137 e. The molecule has 2 aromatic carbocycles. The predicted molar refractivity (Wildman–Crippen MR) is 131 cm³/mol. The van der Waals surface area contributed by atoms with Gasteiger partial charge >= 0.3 is 0 Å². The number of hydrogen-bond donors (Lipinski definition) is 1. The number of rotatable bonds is 5. The monoisotopic (exact) mass is 426 g/mol. The van der Waals surface area contributed by atoms with E-state index in [-0.39, 0.29) is 0 Å². The van der Waals surface area contributed by atoms with Crippen LogP contribution in [0.3, 0.4) is 0 Å². The van der Waals surface area contributed by atoms with E-state index in [1.54, 1.807) is 7.11 Å². The molecule has 1 aliphatic rings. The van der Waals surface area contributed by atoms with E-state index < -0.39 is 0 Å². The van der Waals surface area contributed by atoms with Gasteiger partial charge in [0.25, 0.3) is 0 Å². The second-order valence-electron chi connectivity index (χ2n) is 8.78. The molecule has 0 unspecified atom stereocenters. The molecule has 0 atom stereocenters. The van der Waals surface area contributed by atoms with Crippen LogP contribution in [0.4, 0.5) is 0 Å². The van der Waals surface area contributed by atoms with Crippen LogP contribution in [0.2, 0.25) is 0 Å². The van der Waals surface area contributed by atoms with Gasteiger partial charge in [0.05, 0.1) is 7.11 Å². The van der Waals surface area contributed by atoms with Crippen molar-refractivity contribution in [2.75, 3.05) is 40.3 Å². The number of likely N-dealkylation sites (N-methyl/N-ethyl adjacent to an activating group) is 1. The summed E-state index contributed by atoms with van der Waals surface area (Å²) in [7, 11) is 3.91. The summed E-state index contributed by atoms with van der Waals surface area (Å²) >= 11 is 0. The Hall–Kier alpha value is -3.15. The average molecular weight is 427 g/mol. The molecule has 0 bridgehead atoms. The molecule has 164 valence electrons. The van der Waals surface area contributed by atoms with Gasteiger partial charge in [-0.1, -0.05) is 30.3 Å². The number of pyridine rings is 1. The maximum absolute atomic E-state index is 5.42. The van der Waals surface area contributed by atoms with Crippen LogP contribution in [-0.2, 0) is 6.54 Å². The van der Waals surface area contributed by atoms with E-state index >= 15 is 0 Å². The first-order valence-corrected chi connectivity index (χ1v) is 11.2. The van der Waals surface area contributed by atoms with Gasteiger partial charge in [0, 0.05) is 61.6 Å². The number of nitrogens with one attached hydrogen (secondary N) is 1. The molecule has 1 saturated heterocycles. The third kappa shape index (κ3) is 4.14. The van der Waals surface area contributed by atoms with Crippen molar-refractivity contribution < 1.29 is 4.74 Å². The summed E-state index contributed by atoms with van der Waals surface area (Å²) in [5.41, 5.74) is 8.05. The van der Waals surface area contributed by atoms with E-state index in [0.29, 0.717) is 0 Å². The molecule has 1 N–H and O–H groups in total. The Balaban J connectivity index is 1.40. The van der Waals surface area contributed by atoms with E-state index in [4.69, 9.17) is 4.74 Å². The van der Waals surface area contributed by atoms with E-state index in [0.717, 1.165) is 71.8 Å². The van der Waals surface area contributed by atoms with Gasteiger partial charge < -0.3 is 14.6 Å². The van der Waals surface area contributed by atoms with Gasteiger partial charge in [-0.15, -0.1) is 0 Å². The van der Waals surface area contributed by atoms with Crippen molar-refractivity contribution in [1.82, 2.24) is 19.8 Å². The van der Waals surface area contributed by atoms with Crippen LogP contribution in [-0.4, -0.2) is 60.1 Å². The van der Waals surface area contributed by atoms with Gasteiger partial charge in [0.1, 0.15) is 11.4 Å². The van der Waals surface area contributed by atoms with Crippen molar-refractivity contribution in [2.24, 2.45) is 0 Å². The molecule has 2 aromatic heterocycles. The van der Waals surface area contributed by atoms with Crippen LogP contribution >= 0.6 is 0 Å². The van der Waals surface area contributed by atoms with Crippen molar-refractivity contribution in [3.63, 3.8) is 0 Å². The highest BCUT2D eigenvalue weighted by Crippen LogP contribution is 2.33. The fourth-order valence-corrected chi connectivity index (χ4v) is 4.51. The van der Waals surface area contributed by atoms with Crippen LogP contribution < -0.4 is 4.74 Å². The quantitative estimate of drug-likeness (QED) is 0.490. The Labute approximate surface area is 189 Å². The second-order valence-corrected chi connectivity index (χ2v) is 8.78. The molecular formula is C27H30N4O. The summed E-state index contributed by atoms with van der Waals surface area (Å²) in [5.74, 6) is 0.907. The summed E-state index contributed by atoms with van der Waals surface area (Å²) in [5, 5.41) is 1.13. The number of aromatic nitrogens is 2. The number of ether oxygens (including phenoxy) is 1. The molecule has 0 saturated carbocycles. The van der Waals surface area contributed by atoms with Crippen LogP contribution in [0.15, 0.2) is 60.9 Å². The summed E-state index contributed by atoms with van der Waals surface area (Å²) in [4.78, 5) is 12.9. The number of nitrogens with zero attached hydrogens (tertiary/aromatic N) is 3. The highest BCUT2D eigenvalue weighted by atomic mass is 16.5. The first-order valence-electron chi connectivity index (χ1n) is 11.2. The van der Waals surface area contributed by atoms with E-state index in [2.05, 4.69) is 76.2 Å². The lowest BCUT2D eigenvalue weighted by Gasteiger charge is -2.32. The third-order valence-corrected chi connectivity index (χ3v) is 6.53. The number of fused-ring (bicyclic) bond motifs is 1. The van der Waals surface area contributed by atoms with E-state index in [1.165, 1.54) is 11.1 Å². The fourth-order valence-electron chi connectivity index (χ4n) is 4.51. The molecule has 1 fully saturated rings. The maximum Gasteiger partial charge on any atom is 0.137 e. The summed E-state index contributed by atoms with van der Waals surface area (Å²) in [6.07, 6.45) is 4.00. The Morgan fingerprint density at radius 1 is 0.938 bits per heavy atom. The SMILES string of the molecule is COc1ccc(-c2c[nH]c3ncc(-c4ccc(CN5CCN(C)CC5)cc4)cc23)cc1C. The van der Waals surface area contributed by atoms with Crippen molar-refractivity contribution in [3.8, 4) is 28.0 Å². The molecule has 5 rings (SSSR count). The zero-order valence-electron chi connectivity index (χ0n) is 19.1. The first kappa shape index (κ1) is 20.7. The summed E-state index contributed by atoms with van der Waals surface area (Å²) in [6, 6.07) is 17.5. The molecule has 32 heavy (non-hydrogen) atoms. The van der Waals surface area contributed by atoms with E-state index in [1.807, 2.05) is 18.5 Å². The Morgan fingerprint density at radius 3 is 2.41 bits per heavy atom. The average Bonchev–Trinajstić information content (AvgIpc) is 3.24. The lowest BCUT2D eigenvalue weighted by atomic mass is 10.00. The van der Waals surface area contributed by atoms with Crippen LogP contribution in [0.1, 0.15) is 11.1 Å². The molecule has 0 aliphatic carbocycles. The van der Waals surface area contributed by atoms with E-state index in [9.17, 15) is 0 Å². The molecule has 4 aromatic rings. The molecule has 1 aliphatic heterocycles. The van der Waals surface area contributed by atoms with Crippen LogP contribution in [0.5, 0.6) is 5.75 Å². The van der Waals surface area contributed by atoms with Gasteiger partial charge in [-0.3, -0.25) is 4.90 Å². The standard InChI is InChI=1S/C27H30N4O/c1-19-14-22(8-9-26(19)32-3)25-17-29-27-24(25)15-23(16-28-27)21-6-4-20(5-7-21)18-31-12-10-30(2)11-13-31/h4-9,14-17H,10-13,18H2,1-3H3,(H,28,29). The van der Waals surface area contributed by atoms with Crippen molar-refractivity contribution >= 4 is 11.0 Å². The Bertz CT molecular complexity index is 1220. The summed E-state index contributed by atoms with van der Waals surface area (Å²) < 4.78 is 5.42. The summed E-state index contributed by atoms with van der Waals surface area (Å²) in [6.45, 7) is 7.67. The molecule has 0 radical (unpaired) electrons. The minimum atomic E-state index is 0.906. The third-order valence-electron chi connectivity index (χ3n) is 6.53. The minimum Gasteiger partial charge on any atom is -0.496 e. The Kier molecular flexibility index (Phi) is 5.68. The first-order chi connectivity index (χ1) is 15.6. The normalized spacial score (nSPS) is 15.3. The van der Waals surface area contributed by atoms with Gasteiger partial charge in [-0.25, -0.2) is 4.98 Å². The minimum absolute atomic E-state index is 0.906. The number of aromatic amines is 1. The molecule has 5 heteroatoms. The molecular weight excluding hydrogens is 396 g/mol. The number of aryl methyl sites for hydroxylation is 1. The molecule has 0 amide bonds. The van der Waals surface area contributed by atoms with Gasteiger partial charge in [-0.2, -0.15) is 0 Å². The van der Waals surface area contributed by atoms with Crippen molar-refractivity contribution in [2.45, 2.75) is 13.5 Å². The van der Waals surface area contributed by atoms with Crippen LogP contribution in [0, 0.1) is 6.92 Å². The van der Waals surface area contributed by atoms with Gasteiger partial charge in [-0.05, 0) is 54.4 Å². The molecule has 5 nitrogen and oxygen atoms in total. The second kappa shape index (κ2) is 8.77. The maximum atomic E-state index is 5.42. The largest absolute Gasteiger partial charge is 0.496 e. The fraction of sp³-hybridized carbons (Fsp3) is 0.296. The highest BCUT2D eigenvalue weighted by molar-refractivity contribution is 5.96. The van der Waals surface area contributed by atoms with Crippen molar-refractivity contribution in [3.05, 3.63) is 72.1 Å². The lowest BCUT2D eigenvalue weighted by molar-refractivity contribution is 0.148. The topological polar surface area (TPSA) is 44.4 Å². The number of benzene rings is 2. The molecule has 3 heterocycles. The number of methoxy groups -OCH3 is 1. The van der Waals surface area contributed by atoms with Gasteiger partial charge in [0.2, 0.25) is 0 Å². The Morgan fingerprint density at radius 2 is 1.69 bits per heavy atom. The number of H-pyrrole nitrogens is 1. The zero-order chi connectivity index (χ0) is 22.1. The van der Waals surface area contributed by atoms with Crippen LogP contribution in [0.25, 0.3) is 33.3 Å². The number of hydrogen-bond acceptors (Lipinski definition) is 4. The molecule has 0 spiro atoms. The number of piperazine rings is 1. The van der Waals surface area contributed by atoms with Crippen molar-refractivity contribution in [1.29, 1.82) is 0 Å². The highest BCUT2D eigenvalue weighted by Gasteiger charge is 2.14. The zero-order valence-corrected chi connectivity index (χ0v) is 19.1. The lowest BCUT2D eigenvalue weighted by Crippen LogP contribution is -2.43.